The van der Waals surface area contributed by atoms with Crippen molar-refractivity contribution >= 4 is 28.7 Å². The van der Waals surface area contributed by atoms with E-state index in [1.54, 1.807) is 0 Å². The highest BCUT2D eigenvalue weighted by Crippen LogP contribution is 2.54. The molecule has 3 nitrogen and oxygen atoms in total. The highest BCUT2D eigenvalue weighted by atomic mass is 32.1. The number of nitrogens with zero attached hydrogens (tertiary/aromatic N) is 1. The highest BCUT2D eigenvalue weighted by molar-refractivity contribution is 7.80. The molecular formula is C30H35N3S. The molecule has 2 N–H and O–H groups in total. The molecule has 0 spiro atoms. The fourth-order valence-electron chi connectivity index (χ4n) is 5.84. The van der Waals surface area contributed by atoms with Gasteiger partial charge in [-0.3, -0.25) is 0 Å². The van der Waals surface area contributed by atoms with E-state index in [0.29, 0.717) is 5.11 Å². The summed E-state index contributed by atoms with van der Waals surface area (Å²) in [6.07, 6.45) is 3.26. The van der Waals surface area contributed by atoms with Gasteiger partial charge in [-0.2, -0.15) is 0 Å². The Morgan fingerprint density at radius 2 is 1.35 bits per heavy atom. The van der Waals surface area contributed by atoms with Crippen LogP contribution in [-0.4, -0.2) is 24.7 Å². The Hall–Kier alpha value is -2.85. The Kier molecular flexibility index (Phi) is 6.11. The average Bonchev–Trinajstić information content (AvgIpc) is 2.87. The number of hydrogen-bond acceptors (Lipinski definition) is 2. The number of thiocarbonyl (C=S) groups is 1. The van der Waals surface area contributed by atoms with Gasteiger partial charge in [-0.25, -0.2) is 0 Å². The molecule has 0 fully saturated rings. The number of hydrogen-bond donors (Lipinski definition) is 2. The number of anilines is 2. The largest absolute Gasteiger partial charge is 0.371 e. The number of nitrogens with one attached hydrogen (secondary N) is 2. The van der Waals surface area contributed by atoms with E-state index in [1.807, 2.05) is 0 Å². The monoisotopic (exact) mass is 469 g/mol. The van der Waals surface area contributed by atoms with E-state index in [1.165, 1.54) is 27.9 Å². The predicted molar refractivity (Wildman–Crippen MR) is 148 cm³/mol. The molecule has 3 aromatic carbocycles. The minimum absolute atomic E-state index is 0.0487. The lowest BCUT2D eigenvalue weighted by Gasteiger charge is -2.50. The van der Waals surface area contributed by atoms with Crippen molar-refractivity contribution in [1.82, 2.24) is 5.32 Å². The van der Waals surface area contributed by atoms with Crippen molar-refractivity contribution in [3.8, 4) is 0 Å². The molecule has 2 atom stereocenters. The molecule has 2 heterocycles. The second-order valence-electron chi connectivity index (χ2n) is 10.2. The quantitative estimate of drug-likeness (QED) is 0.411. The molecule has 0 amide bonds. The molecule has 0 radical (unpaired) electrons. The van der Waals surface area contributed by atoms with Gasteiger partial charge in [-0.15, -0.1) is 0 Å². The summed E-state index contributed by atoms with van der Waals surface area (Å²) in [5.41, 5.74) is 7.99. The SMILES string of the molecule is CCCNC(=S)Nc1cc2c3c(c1)C(C)(c1ccccc1)CCN3CCC2(C)c1ccccc1. The fraction of sp³-hybridized carbons (Fsp3) is 0.367. The molecule has 2 unspecified atom stereocenters. The van der Waals surface area contributed by atoms with Gasteiger partial charge in [0, 0.05) is 41.8 Å². The molecule has 176 valence electrons. The summed E-state index contributed by atoms with van der Waals surface area (Å²) in [7, 11) is 0. The normalized spacial score (nSPS) is 23.2. The lowest BCUT2D eigenvalue weighted by atomic mass is 9.64. The van der Waals surface area contributed by atoms with E-state index in [2.05, 4.69) is 109 Å². The minimum Gasteiger partial charge on any atom is -0.371 e. The van der Waals surface area contributed by atoms with Crippen molar-refractivity contribution < 1.29 is 0 Å². The van der Waals surface area contributed by atoms with Crippen LogP contribution >= 0.6 is 12.2 Å². The Bertz CT molecular complexity index is 1100. The standard InChI is InChI=1S/C30H35N3S/c1-4-17-31-28(34)32-24-20-25-27-26(21-24)30(3,23-13-9-6-10-14-23)16-19-33(27)18-15-29(25,2)22-11-7-5-8-12-22/h5-14,20-21H,4,15-19H2,1-3H3,(H2,31,32,34). The molecule has 3 aromatic rings. The van der Waals surface area contributed by atoms with Gasteiger partial charge in [0.2, 0.25) is 0 Å². The fourth-order valence-corrected chi connectivity index (χ4v) is 6.06. The molecule has 0 saturated carbocycles. The van der Waals surface area contributed by atoms with Crippen LogP contribution in [0, 0.1) is 0 Å². The molecule has 34 heavy (non-hydrogen) atoms. The predicted octanol–water partition coefficient (Wildman–Crippen LogP) is 6.61. The second kappa shape index (κ2) is 9.07. The van der Waals surface area contributed by atoms with Gasteiger partial charge in [0.25, 0.3) is 0 Å². The summed E-state index contributed by atoms with van der Waals surface area (Å²) < 4.78 is 0. The third-order valence-corrected chi connectivity index (χ3v) is 8.24. The first-order valence-electron chi connectivity index (χ1n) is 12.6. The smallest absolute Gasteiger partial charge is 0.170 e. The van der Waals surface area contributed by atoms with Crippen LogP contribution in [0.3, 0.4) is 0 Å². The van der Waals surface area contributed by atoms with Crippen LogP contribution in [0.15, 0.2) is 72.8 Å². The van der Waals surface area contributed by atoms with Crippen molar-refractivity contribution in [3.63, 3.8) is 0 Å². The highest BCUT2D eigenvalue weighted by Gasteiger charge is 2.44. The molecule has 2 aliphatic heterocycles. The summed E-state index contributed by atoms with van der Waals surface area (Å²) >= 11 is 5.64. The molecule has 0 aliphatic carbocycles. The maximum Gasteiger partial charge on any atom is 0.170 e. The Morgan fingerprint density at radius 3 is 1.82 bits per heavy atom. The first-order valence-corrected chi connectivity index (χ1v) is 13.0. The topological polar surface area (TPSA) is 27.3 Å². The van der Waals surface area contributed by atoms with Crippen molar-refractivity contribution in [3.05, 3.63) is 95.1 Å². The zero-order chi connectivity index (χ0) is 23.8. The minimum atomic E-state index is -0.0487. The third-order valence-electron chi connectivity index (χ3n) is 7.99. The molecule has 0 bridgehead atoms. The first-order chi connectivity index (χ1) is 16.5. The molecule has 2 aliphatic rings. The van der Waals surface area contributed by atoms with Gasteiger partial charge >= 0.3 is 0 Å². The van der Waals surface area contributed by atoms with Crippen molar-refractivity contribution in [2.75, 3.05) is 29.9 Å². The van der Waals surface area contributed by atoms with Gasteiger partial charge in [0.05, 0.1) is 0 Å². The lowest BCUT2D eigenvalue weighted by Crippen LogP contribution is -2.47. The molecule has 5 rings (SSSR count). The van der Waals surface area contributed by atoms with Gasteiger partial charge < -0.3 is 15.5 Å². The zero-order valence-electron chi connectivity index (χ0n) is 20.5. The van der Waals surface area contributed by atoms with Crippen molar-refractivity contribution in [2.24, 2.45) is 0 Å². The van der Waals surface area contributed by atoms with Crippen molar-refractivity contribution in [1.29, 1.82) is 0 Å². The van der Waals surface area contributed by atoms with E-state index < -0.39 is 0 Å². The van der Waals surface area contributed by atoms with E-state index in [-0.39, 0.29) is 10.8 Å². The maximum absolute atomic E-state index is 5.64. The number of benzene rings is 3. The molecule has 4 heteroatoms. The molecule has 0 aromatic heterocycles. The van der Waals surface area contributed by atoms with Crippen LogP contribution in [0.5, 0.6) is 0 Å². The summed E-state index contributed by atoms with van der Waals surface area (Å²) in [6, 6.07) is 26.7. The van der Waals surface area contributed by atoms with Gasteiger partial charge in [0.15, 0.2) is 5.11 Å². The van der Waals surface area contributed by atoms with Crippen LogP contribution in [0.4, 0.5) is 11.4 Å². The average molecular weight is 470 g/mol. The van der Waals surface area contributed by atoms with Crippen molar-refractivity contribution in [2.45, 2.75) is 50.9 Å². The lowest BCUT2D eigenvalue weighted by molar-refractivity contribution is 0.433. The summed E-state index contributed by atoms with van der Waals surface area (Å²) in [4.78, 5) is 2.62. The summed E-state index contributed by atoms with van der Waals surface area (Å²) in [6.45, 7) is 10.0. The van der Waals surface area contributed by atoms with Crippen LogP contribution in [0.2, 0.25) is 0 Å². The van der Waals surface area contributed by atoms with E-state index in [0.717, 1.165) is 44.6 Å². The Balaban J connectivity index is 1.71. The molecule has 0 saturated heterocycles. The van der Waals surface area contributed by atoms with Gasteiger partial charge in [0.1, 0.15) is 0 Å². The van der Waals surface area contributed by atoms with Gasteiger partial charge in [-0.1, -0.05) is 81.4 Å². The van der Waals surface area contributed by atoms with Crippen LogP contribution in [-0.2, 0) is 10.8 Å². The maximum atomic E-state index is 5.64. The van der Waals surface area contributed by atoms with Gasteiger partial charge in [-0.05, 0) is 65.9 Å². The van der Waals surface area contributed by atoms with E-state index in [9.17, 15) is 0 Å². The van der Waals surface area contributed by atoms with Crippen LogP contribution in [0.25, 0.3) is 0 Å². The first kappa shape index (κ1) is 22.9. The second-order valence-corrected chi connectivity index (χ2v) is 10.6. The summed E-state index contributed by atoms with van der Waals surface area (Å²) in [5.74, 6) is 0. The molecular weight excluding hydrogens is 434 g/mol. The summed E-state index contributed by atoms with van der Waals surface area (Å²) in [5, 5.41) is 7.55. The van der Waals surface area contributed by atoms with E-state index in [4.69, 9.17) is 12.2 Å². The number of rotatable bonds is 5. The van der Waals surface area contributed by atoms with Crippen LogP contribution < -0.4 is 15.5 Å². The Morgan fingerprint density at radius 1 is 0.853 bits per heavy atom. The Labute approximate surface area is 209 Å². The van der Waals surface area contributed by atoms with E-state index >= 15 is 0 Å². The zero-order valence-corrected chi connectivity index (χ0v) is 21.3. The van der Waals surface area contributed by atoms with Crippen LogP contribution in [0.1, 0.15) is 62.3 Å². The third kappa shape index (κ3) is 3.88.